The Bertz CT molecular complexity index is 391. The number of nitrogens with zero attached hydrogens (tertiary/aromatic N) is 2. The molecule has 1 amide bonds. The quantitative estimate of drug-likeness (QED) is 0.626. The lowest BCUT2D eigenvalue weighted by Gasteiger charge is -2.18. The first kappa shape index (κ1) is 11.1. The number of aliphatic imine (C=N–C) groups is 1. The summed E-state index contributed by atoms with van der Waals surface area (Å²) >= 11 is 0. The summed E-state index contributed by atoms with van der Waals surface area (Å²) in [6.45, 7) is 1.51. The number of carbonyl (C=O) groups is 1. The summed E-state index contributed by atoms with van der Waals surface area (Å²) in [5.74, 6) is 0.755. The Kier molecular flexibility index (Phi) is 3.22. The largest absolute Gasteiger partial charge is 0.339 e. The van der Waals surface area contributed by atoms with Crippen molar-refractivity contribution < 1.29 is 4.79 Å². The number of rotatable bonds is 0. The molecule has 0 atom stereocenters. The molecule has 1 heterocycles. The summed E-state index contributed by atoms with van der Waals surface area (Å²) in [7, 11) is 1.96. The van der Waals surface area contributed by atoms with Gasteiger partial charge in [0.25, 0.3) is 0 Å². The molecule has 0 saturated heterocycles. The third kappa shape index (κ3) is 2.40. The Hall–Kier alpha value is -1.38. The minimum absolute atomic E-state index is 0.116. The van der Waals surface area contributed by atoms with Gasteiger partial charge in [0.1, 0.15) is 5.84 Å². The van der Waals surface area contributed by atoms with Crippen LogP contribution in [0.4, 0.5) is 0 Å². The Morgan fingerprint density at radius 3 is 2.88 bits per heavy atom. The van der Waals surface area contributed by atoms with Crippen LogP contribution in [0.5, 0.6) is 0 Å². The van der Waals surface area contributed by atoms with Gasteiger partial charge in [-0.25, -0.2) is 0 Å². The van der Waals surface area contributed by atoms with Gasteiger partial charge in [-0.15, -0.1) is 0 Å². The zero-order valence-corrected chi connectivity index (χ0v) is 9.99. The van der Waals surface area contributed by atoms with Gasteiger partial charge in [-0.3, -0.25) is 4.79 Å². The summed E-state index contributed by atoms with van der Waals surface area (Å²) in [4.78, 5) is 17.1. The molecule has 1 aliphatic heterocycles. The van der Waals surface area contributed by atoms with E-state index in [4.69, 9.17) is 0 Å². The van der Waals surface area contributed by atoms with E-state index in [1.165, 1.54) is 37.3 Å². The second-order valence-corrected chi connectivity index (χ2v) is 4.49. The van der Waals surface area contributed by atoms with E-state index in [1.54, 1.807) is 0 Å². The van der Waals surface area contributed by atoms with Crippen LogP contribution in [0.1, 0.15) is 39.0 Å². The summed E-state index contributed by atoms with van der Waals surface area (Å²) in [5, 5.41) is 0. The van der Waals surface area contributed by atoms with Crippen molar-refractivity contribution in [2.45, 2.75) is 39.0 Å². The van der Waals surface area contributed by atoms with Crippen molar-refractivity contribution in [3.63, 3.8) is 0 Å². The minimum atomic E-state index is -0.116. The van der Waals surface area contributed by atoms with Crippen LogP contribution in [-0.2, 0) is 4.79 Å². The van der Waals surface area contributed by atoms with Gasteiger partial charge in [0, 0.05) is 26.6 Å². The van der Waals surface area contributed by atoms with Crippen LogP contribution in [0, 0.1) is 0 Å². The second-order valence-electron chi connectivity index (χ2n) is 4.49. The van der Waals surface area contributed by atoms with Gasteiger partial charge in [0.2, 0.25) is 5.91 Å². The average molecular weight is 218 g/mol. The lowest BCUT2D eigenvalue weighted by Crippen LogP contribution is -2.21. The molecule has 1 aliphatic carbocycles. The van der Waals surface area contributed by atoms with Crippen molar-refractivity contribution in [2.75, 3.05) is 7.05 Å². The lowest BCUT2D eigenvalue weighted by molar-refractivity contribution is -0.115. The van der Waals surface area contributed by atoms with Gasteiger partial charge in [-0.05, 0) is 37.3 Å². The molecule has 0 aromatic rings. The van der Waals surface area contributed by atoms with E-state index in [0.29, 0.717) is 0 Å². The number of allylic oxidation sites excluding steroid dienone is 2. The zero-order chi connectivity index (χ0) is 11.5. The molecule has 3 nitrogen and oxygen atoms in total. The number of amides is 1. The van der Waals surface area contributed by atoms with E-state index in [9.17, 15) is 4.79 Å². The number of hydrogen-bond acceptors (Lipinski definition) is 1. The van der Waals surface area contributed by atoms with Crippen molar-refractivity contribution in [2.24, 2.45) is 4.99 Å². The maximum Gasteiger partial charge on any atom is 0.244 e. The topological polar surface area (TPSA) is 32.7 Å². The van der Waals surface area contributed by atoms with Crippen molar-refractivity contribution in [1.29, 1.82) is 0 Å². The molecule has 0 aromatic carbocycles. The summed E-state index contributed by atoms with van der Waals surface area (Å²) < 4.78 is 0. The Balaban J connectivity index is 2.29. The molecule has 0 unspecified atom stereocenters. The van der Waals surface area contributed by atoms with Crippen LogP contribution < -0.4 is 0 Å². The molecule has 16 heavy (non-hydrogen) atoms. The van der Waals surface area contributed by atoms with Crippen LogP contribution in [0.15, 0.2) is 28.4 Å². The van der Waals surface area contributed by atoms with Crippen LogP contribution in [0.3, 0.4) is 0 Å². The average Bonchev–Trinajstić information content (AvgIpc) is 2.39. The first-order chi connectivity index (χ1) is 7.66. The van der Waals surface area contributed by atoms with Gasteiger partial charge in [0.15, 0.2) is 0 Å². The van der Waals surface area contributed by atoms with Crippen LogP contribution in [-0.4, -0.2) is 23.7 Å². The fourth-order valence-electron chi connectivity index (χ4n) is 2.30. The SMILES string of the molecule is CC(=O)N=C1CC2=C(C=CN1C)CCCC2. The van der Waals surface area contributed by atoms with Crippen LogP contribution >= 0.6 is 0 Å². The van der Waals surface area contributed by atoms with E-state index in [1.807, 2.05) is 18.1 Å². The highest BCUT2D eigenvalue weighted by atomic mass is 16.1. The van der Waals surface area contributed by atoms with E-state index < -0.39 is 0 Å². The Morgan fingerprint density at radius 2 is 2.12 bits per heavy atom. The van der Waals surface area contributed by atoms with Crippen molar-refractivity contribution in [3.05, 3.63) is 23.4 Å². The number of amidine groups is 1. The first-order valence-electron chi connectivity index (χ1n) is 5.87. The number of hydrogen-bond donors (Lipinski definition) is 0. The molecule has 0 N–H and O–H groups in total. The highest BCUT2D eigenvalue weighted by molar-refractivity contribution is 5.95. The summed E-state index contributed by atoms with van der Waals surface area (Å²) in [6, 6.07) is 0. The monoisotopic (exact) mass is 218 g/mol. The van der Waals surface area contributed by atoms with Gasteiger partial charge in [-0.1, -0.05) is 5.57 Å². The zero-order valence-electron chi connectivity index (χ0n) is 9.99. The molecule has 0 saturated carbocycles. The summed E-state index contributed by atoms with van der Waals surface area (Å²) in [5.41, 5.74) is 2.92. The van der Waals surface area contributed by atoms with Crippen molar-refractivity contribution in [3.8, 4) is 0 Å². The smallest absolute Gasteiger partial charge is 0.244 e. The third-order valence-corrected chi connectivity index (χ3v) is 3.19. The normalized spacial score (nSPS) is 23.4. The third-order valence-electron chi connectivity index (χ3n) is 3.19. The second kappa shape index (κ2) is 4.64. The predicted molar refractivity (Wildman–Crippen MR) is 65.1 cm³/mol. The molecule has 0 bridgehead atoms. The predicted octanol–water partition coefficient (Wildman–Crippen LogP) is 2.65. The van der Waals surface area contributed by atoms with Gasteiger partial charge < -0.3 is 4.90 Å². The molecular weight excluding hydrogens is 200 g/mol. The molecule has 3 heteroatoms. The molecular formula is C13H18N2O. The van der Waals surface area contributed by atoms with E-state index >= 15 is 0 Å². The van der Waals surface area contributed by atoms with E-state index in [-0.39, 0.29) is 5.91 Å². The Labute approximate surface area is 96.5 Å². The van der Waals surface area contributed by atoms with E-state index in [2.05, 4.69) is 11.1 Å². The van der Waals surface area contributed by atoms with Gasteiger partial charge >= 0.3 is 0 Å². The maximum absolute atomic E-state index is 11.1. The maximum atomic E-state index is 11.1. The molecule has 2 aliphatic rings. The molecule has 2 rings (SSSR count). The van der Waals surface area contributed by atoms with Crippen LogP contribution in [0.2, 0.25) is 0 Å². The first-order valence-corrected chi connectivity index (χ1v) is 5.87. The fourth-order valence-corrected chi connectivity index (χ4v) is 2.30. The van der Waals surface area contributed by atoms with Gasteiger partial charge in [0.05, 0.1) is 0 Å². The molecule has 0 fully saturated rings. The minimum Gasteiger partial charge on any atom is -0.339 e. The fraction of sp³-hybridized carbons (Fsp3) is 0.538. The highest BCUT2D eigenvalue weighted by Gasteiger charge is 2.17. The number of carbonyl (C=O) groups excluding carboxylic acids is 1. The standard InChI is InChI=1S/C13H18N2O/c1-10(16)14-13-9-12-6-4-3-5-11(12)7-8-15(13)2/h7-8H,3-6,9H2,1-2H3. The van der Waals surface area contributed by atoms with Crippen molar-refractivity contribution >= 4 is 11.7 Å². The van der Waals surface area contributed by atoms with Crippen molar-refractivity contribution in [1.82, 2.24) is 4.90 Å². The van der Waals surface area contributed by atoms with Crippen LogP contribution in [0.25, 0.3) is 0 Å². The summed E-state index contributed by atoms with van der Waals surface area (Å²) in [6.07, 6.45) is 9.91. The molecule has 0 radical (unpaired) electrons. The molecule has 0 spiro atoms. The molecule has 0 aromatic heterocycles. The highest BCUT2D eigenvalue weighted by Crippen LogP contribution is 2.30. The Morgan fingerprint density at radius 1 is 1.38 bits per heavy atom. The molecule has 86 valence electrons. The van der Waals surface area contributed by atoms with Gasteiger partial charge in [-0.2, -0.15) is 4.99 Å². The van der Waals surface area contributed by atoms with E-state index in [0.717, 1.165) is 18.7 Å². The lowest BCUT2D eigenvalue weighted by atomic mass is 9.90.